The lowest BCUT2D eigenvalue weighted by atomic mass is 10.1. The molecule has 0 atom stereocenters. The Kier molecular flexibility index (Phi) is 3.81. The van der Waals surface area contributed by atoms with Crippen LogP contribution < -0.4 is 5.32 Å². The summed E-state index contributed by atoms with van der Waals surface area (Å²) in [7, 11) is 0. The van der Waals surface area contributed by atoms with Gasteiger partial charge in [-0.25, -0.2) is 4.98 Å². The molecule has 0 aliphatic heterocycles. The summed E-state index contributed by atoms with van der Waals surface area (Å²) in [5.41, 5.74) is 2.39. The molecule has 0 unspecified atom stereocenters. The third-order valence-corrected chi connectivity index (χ3v) is 3.77. The number of anilines is 1. The molecule has 108 valence electrons. The predicted octanol–water partition coefficient (Wildman–Crippen LogP) is 4.06. The Morgan fingerprint density at radius 2 is 2.19 bits per heavy atom. The van der Waals surface area contributed by atoms with E-state index in [-0.39, 0.29) is 10.6 Å². The molecule has 1 N–H and O–H groups in total. The van der Waals surface area contributed by atoms with E-state index in [2.05, 4.69) is 16.4 Å². The van der Waals surface area contributed by atoms with Crippen molar-refractivity contribution in [3.05, 3.63) is 52.1 Å². The lowest BCUT2D eigenvalue weighted by Gasteiger charge is -2.07. The first-order valence-electron chi connectivity index (χ1n) is 7.19. The number of nitro groups is 1. The number of nitro benzene ring substituents is 1. The van der Waals surface area contributed by atoms with Crippen LogP contribution in [0.15, 0.2) is 42.0 Å². The second kappa shape index (κ2) is 5.91. The zero-order valence-corrected chi connectivity index (χ0v) is 11.7. The highest BCUT2D eigenvalue weighted by atomic mass is 16.6. The minimum absolute atomic E-state index is 0.0955. The van der Waals surface area contributed by atoms with Crippen molar-refractivity contribution in [2.75, 3.05) is 11.9 Å². The summed E-state index contributed by atoms with van der Waals surface area (Å²) >= 11 is 0. The Morgan fingerprint density at radius 3 is 2.95 bits per heavy atom. The predicted molar refractivity (Wildman–Crippen MR) is 83.4 cm³/mol. The van der Waals surface area contributed by atoms with Crippen molar-refractivity contribution in [2.45, 2.75) is 25.7 Å². The molecule has 1 aliphatic carbocycles. The van der Waals surface area contributed by atoms with Crippen molar-refractivity contribution in [1.29, 1.82) is 0 Å². The fourth-order valence-corrected chi connectivity index (χ4v) is 2.64. The van der Waals surface area contributed by atoms with E-state index in [1.807, 2.05) is 12.1 Å². The number of rotatable bonds is 5. The molecule has 1 aliphatic rings. The van der Waals surface area contributed by atoms with E-state index in [1.165, 1.54) is 30.9 Å². The number of allylic oxidation sites excluding steroid dienone is 1. The first-order chi connectivity index (χ1) is 10.2. The average Bonchev–Trinajstić information content (AvgIpc) is 3.00. The summed E-state index contributed by atoms with van der Waals surface area (Å²) in [5, 5.41) is 14.8. The molecule has 3 rings (SSSR count). The zero-order valence-electron chi connectivity index (χ0n) is 11.7. The zero-order chi connectivity index (χ0) is 14.7. The van der Waals surface area contributed by atoms with Crippen molar-refractivity contribution < 1.29 is 4.92 Å². The molecule has 0 saturated carbocycles. The molecule has 1 aromatic heterocycles. The maximum atomic E-state index is 10.7. The number of nitrogens with one attached hydrogen (secondary N) is 1. The maximum Gasteiger partial charge on any atom is 0.270 e. The quantitative estimate of drug-likeness (QED) is 0.510. The van der Waals surface area contributed by atoms with Gasteiger partial charge in [-0.1, -0.05) is 11.6 Å². The molecule has 0 fully saturated rings. The number of pyridine rings is 1. The van der Waals surface area contributed by atoms with Crippen molar-refractivity contribution >= 4 is 22.4 Å². The molecule has 1 heterocycles. The van der Waals surface area contributed by atoms with Crippen LogP contribution in [0.2, 0.25) is 0 Å². The summed E-state index contributed by atoms with van der Waals surface area (Å²) in [6.45, 7) is 0.872. The first kappa shape index (κ1) is 13.5. The molecule has 0 saturated heterocycles. The summed E-state index contributed by atoms with van der Waals surface area (Å²) in [6.07, 6.45) is 7.09. The van der Waals surface area contributed by atoms with E-state index in [0.717, 1.165) is 29.7 Å². The summed E-state index contributed by atoms with van der Waals surface area (Å²) in [6, 6.07) is 8.47. The van der Waals surface area contributed by atoms with E-state index in [0.29, 0.717) is 0 Å². The molecule has 0 amide bonds. The molecule has 2 aromatic rings. The summed E-state index contributed by atoms with van der Waals surface area (Å²) in [5.74, 6) is 0.815. The Bertz CT molecular complexity index is 710. The fourth-order valence-electron chi connectivity index (χ4n) is 2.64. The Balaban J connectivity index is 1.69. The highest BCUT2D eigenvalue weighted by Crippen LogP contribution is 2.22. The van der Waals surface area contributed by atoms with Gasteiger partial charge in [0.1, 0.15) is 5.82 Å². The van der Waals surface area contributed by atoms with E-state index in [1.54, 1.807) is 12.1 Å². The third kappa shape index (κ3) is 3.18. The molecule has 1 aromatic carbocycles. The topological polar surface area (TPSA) is 68.1 Å². The van der Waals surface area contributed by atoms with Crippen molar-refractivity contribution in [2.24, 2.45) is 0 Å². The van der Waals surface area contributed by atoms with Gasteiger partial charge >= 0.3 is 0 Å². The first-order valence-corrected chi connectivity index (χ1v) is 7.19. The molecular formula is C16H17N3O2. The molecule has 5 heteroatoms. The van der Waals surface area contributed by atoms with Crippen LogP contribution in [0.25, 0.3) is 10.9 Å². The van der Waals surface area contributed by atoms with Gasteiger partial charge in [-0.05, 0) is 43.9 Å². The van der Waals surface area contributed by atoms with Gasteiger partial charge in [0, 0.05) is 24.1 Å². The van der Waals surface area contributed by atoms with E-state index in [9.17, 15) is 10.1 Å². The third-order valence-electron chi connectivity index (χ3n) is 3.77. The number of benzene rings is 1. The second-order valence-electron chi connectivity index (χ2n) is 5.26. The van der Waals surface area contributed by atoms with Crippen LogP contribution in [0.3, 0.4) is 0 Å². The van der Waals surface area contributed by atoms with Crippen LogP contribution in [-0.2, 0) is 0 Å². The summed E-state index contributed by atoms with van der Waals surface area (Å²) in [4.78, 5) is 14.8. The van der Waals surface area contributed by atoms with Crippen molar-refractivity contribution in [3.8, 4) is 0 Å². The number of non-ortho nitro benzene ring substituents is 1. The van der Waals surface area contributed by atoms with Gasteiger partial charge in [-0.2, -0.15) is 0 Å². The molecule has 0 radical (unpaired) electrons. The largest absolute Gasteiger partial charge is 0.370 e. The number of hydrogen-bond acceptors (Lipinski definition) is 4. The lowest BCUT2D eigenvalue weighted by Crippen LogP contribution is -2.04. The average molecular weight is 283 g/mol. The van der Waals surface area contributed by atoms with Crippen LogP contribution in [0, 0.1) is 10.1 Å². The van der Waals surface area contributed by atoms with Crippen LogP contribution in [0.1, 0.15) is 25.7 Å². The smallest absolute Gasteiger partial charge is 0.270 e. The highest BCUT2D eigenvalue weighted by molar-refractivity contribution is 5.82. The van der Waals surface area contributed by atoms with E-state index >= 15 is 0 Å². The van der Waals surface area contributed by atoms with Gasteiger partial charge < -0.3 is 5.32 Å². The van der Waals surface area contributed by atoms with E-state index < -0.39 is 0 Å². The van der Waals surface area contributed by atoms with Crippen LogP contribution in [-0.4, -0.2) is 16.5 Å². The number of nitrogens with zero attached hydrogens (tertiary/aromatic N) is 2. The van der Waals surface area contributed by atoms with Crippen molar-refractivity contribution in [1.82, 2.24) is 4.98 Å². The van der Waals surface area contributed by atoms with Gasteiger partial charge in [0.25, 0.3) is 5.69 Å². The number of fused-ring (bicyclic) bond motifs is 1. The summed E-state index contributed by atoms with van der Waals surface area (Å²) < 4.78 is 0. The Hall–Kier alpha value is -2.43. The minimum Gasteiger partial charge on any atom is -0.370 e. The molecule has 21 heavy (non-hydrogen) atoms. The minimum atomic E-state index is -0.388. The fraction of sp³-hybridized carbons (Fsp3) is 0.312. The molecule has 0 bridgehead atoms. The normalized spacial score (nSPS) is 14.2. The Labute approximate surface area is 122 Å². The second-order valence-corrected chi connectivity index (χ2v) is 5.26. The van der Waals surface area contributed by atoms with E-state index in [4.69, 9.17) is 0 Å². The number of hydrogen-bond donors (Lipinski definition) is 1. The molecule has 0 spiro atoms. The van der Waals surface area contributed by atoms with Gasteiger partial charge in [0.05, 0.1) is 10.4 Å². The molecule has 5 nitrogen and oxygen atoms in total. The number of aromatic nitrogens is 1. The van der Waals surface area contributed by atoms with Gasteiger partial charge in [0.2, 0.25) is 0 Å². The van der Waals surface area contributed by atoms with Crippen LogP contribution in [0.5, 0.6) is 0 Å². The lowest BCUT2D eigenvalue weighted by molar-refractivity contribution is -0.384. The monoisotopic (exact) mass is 283 g/mol. The van der Waals surface area contributed by atoms with Crippen LogP contribution in [0.4, 0.5) is 11.5 Å². The Morgan fingerprint density at radius 1 is 1.29 bits per heavy atom. The van der Waals surface area contributed by atoms with Gasteiger partial charge in [-0.3, -0.25) is 10.1 Å². The van der Waals surface area contributed by atoms with Gasteiger partial charge in [0.15, 0.2) is 0 Å². The van der Waals surface area contributed by atoms with Gasteiger partial charge in [-0.15, -0.1) is 0 Å². The SMILES string of the molecule is O=[N+]([O-])c1ccc2nc(NCCC3=CCCC3)ccc2c1. The molecular weight excluding hydrogens is 266 g/mol. The maximum absolute atomic E-state index is 10.7. The van der Waals surface area contributed by atoms with Crippen LogP contribution >= 0.6 is 0 Å². The highest BCUT2D eigenvalue weighted by Gasteiger charge is 2.07. The standard InChI is InChI=1S/C16H17N3O2/c20-19(21)14-6-7-15-13(11-14)5-8-16(18-15)17-10-9-12-3-1-2-4-12/h3,5-8,11H,1-2,4,9-10H2,(H,17,18). The van der Waals surface area contributed by atoms with Crippen molar-refractivity contribution in [3.63, 3.8) is 0 Å².